The quantitative estimate of drug-likeness (QED) is 0.854. The molecule has 0 aromatic carbocycles. The van der Waals surface area contributed by atoms with Crippen LogP contribution in [0, 0.1) is 6.92 Å². The lowest BCUT2D eigenvalue weighted by molar-refractivity contribution is 0.655. The van der Waals surface area contributed by atoms with E-state index in [1.165, 1.54) is 0 Å². The molecule has 15 heavy (non-hydrogen) atoms. The highest BCUT2D eigenvalue weighted by Gasteiger charge is 2.11. The Morgan fingerprint density at radius 1 is 1.60 bits per heavy atom. The first-order valence-corrected chi connectivity index (χ1v) is 5.69. The zero-order valence-corrected chi connectivity index (χ0v) is 9.66. The van der Waals surface area contributed by atoms with E-state index < -0.39 is 0 Å². The monoisotopic (exact) mass is 222 g/mol. The van der Waals surface area contributed by atoms with E-state index in [1.54, 1.807) is 16.0 Å². The first-order valence-electron chi connectivity index (χ1n) is 4.81. The van der Waals surface area contributed by atoms with Gasteiger partial charge < -0.3 is 5.73 Å². The third kappa shape index (κ3) is 2.43. The summed E-state index contributed by atoms with van der Waals surface area (Å²) in [7, 11) is 1.89. The highest BCUT2D eigenvalue weighted by molar-refractivity contribution is 7.09. The van der Waals surface area contributed by atoms with Gasteiger partial charge in [-0.2, -0.15) is 5.10 Å². The second-order valence-corrected chi connectivity index (χ2v) is 4.55. The molecule has 0 aliphatic heterocycles. The van der Waals surface area contributed by atoms with Crippen molar-refractivity contribution in [1.29, 1.82) is 0 Å². The van der Waals surface area contributed by atoms with Crippen LogP contribution in [0.1, 0.15) is 22.4 Å². The van der Waals surface area contributed by atoms with E-state index in [-0.39, 0.29) is 6.04 Å². The maximum atomic E-state index is 6.04. The first-order chi connectivity index (χ1) is 7.15. The van der Waals surface area contributed by atoms with Crippen molar-refractivity contribution in [3.05, 3.63) is 34.0 Å². The molecule has 0 fully saturated rings. The summed E-state index contributed by atoms with van der Waals surface area (Å²) in [6.45, 7) is 1.99. The molecule has 4 nitrogen and oxygen atoms in total. The Morgan fingerprint density at radius 3 is 2.93 bits per heavy atom. The van der Waals surface area contributed by atoms with Gasteiger partial charge in [0, 0.05) is 30.7 Å². The van der Waals surface area contributed by atoms with Crippen molar-refractivity contribution in [2.45, 2.75) is 19.4 Å². The van der Waals surface area contributed by atoms with Crippen molar-refractivity contribution in [2.24, 2.45) is 12.8 Å². The van der Waals surface area contributed by atoms with Crippen molar-refractivity contribution in [1.82, 2.24) is 14.8 Å². The van der Waals surface area contributed by atoms with Gasteiger partial charge in [0.2, 0.25) is 0 Å². The number of thiazole rings is 1. The molecule has 2 N–H and O–H groups in total. The summed E-state index contributed by atoms with van der Waals surface area (Å²) in [5.41, 5.74) is 8.02. The number of nitrogens with zero attached hydrogens (tertiary/aromatic N) is 3. The standard InChI is InChI=1S/C10H14N4S/c1-7-6-15-10(12-7)5-8(11)9-3-4-14(2)13-9/h3-4,6,8H,5,11H2,1-2H3. The predicted molar refractivity (Wildman–Crippen MR) is 60.7 cm³/mol. The third-order valence-electron chi connectivity index (χ3n) is 2.18. The highest BCUT2D eigenvalue weighted by Crippen LogP contribution is 2.17. The molecule has 0 radical (unpaired) electrons. The van der Waals surface area contributed by atoms with Crippen LogP contribution in [-0.4, -0.2) is 14.8 Å². The second-order valence-electron chi connectivity index (χ2n) is 3.61. The van der Waals surface area contributed by atoms with Crippen LogP contribution in [0.5, 0.6) is 0 Å². The number of aromatic nitrogens is 3. The van der Waals surface area contributed by atoms with Gasteiger partial charge >= 0.3 is 0 Å². The maximum absolute atomic E-state index is 6.04. The molecule has 0 saturated heterocycles. The van der Waals surface area contributed by atoms with E-state index in [9.17, 15) is 0 Å². The zero-order valence-electron chi connectivity index (χ0n) is 8.84. The van der Waals surface area contributed by atoms with Gasteiger partial charge in [-0.15, -0.1) is 11.3 Å². The van der Waals surface area contributed by atoms with Gasteiger partial charge in [0.05, 0.1) is 16.7 Å². The van der Waals surface area contributed by atoms with E-state index in [0.29, 0.717) is 0 Å². The van der Waals surface area contributed by atoms with Crippen LogP contribution in [-0.2, 0) is 13.5 Å². The molecule has 1 unspecified atom stereocenters. The van der Waals surface area contributed by atoms with E-state index in [0.717, 1.165) is 22.8 Å². The first kappa shape index (κ1) is 10.3. The maximum Gasteiger partial charge on any atom is 0.0947 e. The molecule has 2 heterocycles. The molecular weight excluding hydrogens is 208 g/mol. The van der Waals surface area contributed by atoms with Crippen LogP contribution in [0.2, 0.25) is 0 Å². The summed E-state index contributed by atoms with van der Waals surface area (Å²) in [5, 5.41) is 7.40. The van der Waals surface area contributed by atoms with Crippen molar-refractivity contribution < 1.29 is 0 Å². The fraction of sp³-hybridized carbons (Fsp3) is 0.400. The van der Waals surface area contributed by atoms with Crippen molar-refractivity contribution in [2.75, 3.05) is 0 Å². The molecule has 2 aromatic rings. The minimum atomic E-state index is -0.0586. The van der Waals surface area contributed by atoms with Crippen LogP contribution in [0.4, 0.5) is 0 Å². The zero-order chi connectivity index (χ0) is 10.8. The Labute approximate surface area is 92.8 Å². The van der Waals surface area contributed by atoms with Gasteiger partial charge in [0.25, 0.3) is 0 Å². The average Bonchev–Trinajstić information content (AvgIpc) is 2.75. The third-order valence-corrected chi connectivity index (χ3v) is 3.16. The Hall–Kier alpha value is -1.20. The SMILES string of the molecule is Cc1csc(CC(N)c2ccn(C)n2)n1. The Morgan fingerprint density at radius 2 is 2.40 bits per heavy atom. The molecule has 0 aliphatic carbocycles. The van der Waals surface area contributed by atoms with Crippen LogP contribution < -0.4 is 5.73 Å². The van der Waals surface area contributed by atoms with E-state index >= 15 is 0 Å². The number of rotatable bonds is 3. The van der Waals surface area contributed by atoms with Crippen molar-refractivity contribution >= 4 is 11.3 Å². The molecule has 0 amide bonds. The number of nitrogens with two attached hydrogens (primary N) is 1. The van der Waals surface area contributed by atoms with Crippen molar-refractivity contribution in [3.8, 4) is 0 Å². The summed E-state index contributed by atoms with van der Waals surface area (Å²) in [4.78, 5) is 4.39. The van der Waals surface area contributed by atoms with Gasteiger partial charge in [-0.1, -0.05) is 0 Å². The summed E-state index contributed by atoms with van der Waals surface area (Å²) in [5.74, 6) is 0. The minimum absolute atomic E-state index is 0.0586. The number of hydrogen-bond donors (Lipinski definition) is 1. The summed E-state index contributed by atoms with van der Waals surface area (Å²) in [6.07, 6.45) is 2.66. The van der Waals surface area contributed by atoms with Gasteiger partial charge in [-0.05, 0) is 13.0 Å². The highest BCUT2D eigenvalue weighted by atomic mass is 32.1. The largest absolute Gasteiger partial charge is 0.322 e. The fourth-order valence-electron chi connectivity index (χ4n) is 1.42. The molecule has 2 aromatic heterocycles. The number of aryl methyl sites for hydroxylation is 2. The molecule has 5 heteroatoms. The van der Waals surface area contributed by atoms with Gasteiger partial charge in [0.1, 0.15) is 0 Å². The summed E-state index contributed by atoms with van der Waals surface area (Å²) < 4.78 is 1.77. The normalized spacial score (nSPS) is 13.0. The van der Waals surface area contributed by atoms with E-state index in [4.69, 9.17) is 5.73 Å². The van der Waals surface area contributed by atoms with Crippen LogP contribution in [0.3, 0.4) is 0 Å². The Kier molecular flexibility index (Phi) is 2.83. The van der Waals surface area contributed by atoms with Crippen LogP contribution in [0.15, 0.2) is 17.6 Å². The molecular formula is C10H14N4S. The smallest absolute Gasteiger partial charge is 0.0947 e. The Balaban J connectivity index is 2.06. The minimum Gasteiger partial charge on any atom is -0.322 e. The Bertz CT molecular complexity index is 446. The summed E-state index contributed by atoms with van der Waals surface area (Å²) in [6, 6.07) is 1.89. The van der Waals surface area contributed by atoms with Gasteiger partial charge in [-0.25, -0.2) is 4.98 Å². The lowest BCUT2D eigenvalue weighted by atomic mass is 10.1. The average molecular weight is 222 g/mol. The second kappa shape index (κ2) is 4.12. The topological polar surface area (TPSA) is 56.7 Å². The van der Waals surface area contributed by atoms with Gasteiger partial charge in [0.15, 0.2) is 0 Å². The fourth-order valence-corrected chi connectivity index (χ4v) is 2.25. The molecule has 0 saturated carbocycles. The molecule has 0 spiro atoms. The molecule has 80 valence electrons. The lowest BCUT2D eigenvalue weighted by Crippen LogP contribution is -2.14. The predicted octanol–water partition coefficient (Wildman–Crippen LogP) is 1.43. The molecule has 1 atom stereocenters. The molecule has 2 rings (SSSR count). The lowest BCUT2D eigenvalue weighted by Gasteiger charge is -2.05. The molecule has 0 aliphatic rings. The van der Waals surface area contributed by atoms with Gasteiger partial charge in [-0.3, -0.25) is 4.68 Å². The van der Waals surface area contributed by atoms with Crippen LogP contribution in [0.25, 0.3) is 0 Å². The van der Waals surface area contributed by atoms with Crippen molar-refractivity contribution in [3.63, 3.8) is 0 Å². The van der Waals surface area contributed by atoms with E-state index in [1.807, 2.05) is 31.6 Å². The molecule has 0 bridgehead atoms. The van der Waals surface area contributed by atoms with E-state index in [2.05, 4.69) is 10.1 Å². The summed E-state index contributed by atoms with van der Waals surface area (Å²) >= 11 is 1.65. The number of hydrogen-bond acceptors (Lipinski definition) is 4. The van der Waals surface area contributed by atoms with Crippen LogP contribution >= 0.6 is 11.3 Å².